The van der Waals surface area contributed by atoms with Gasteiger partial charge in [-0.3, -0.25) is 4.79 Å². The summed E-state index contributed by atoms with van der Waals surface area (Å²) in [5, 5.41) is 8.99. The van der Waals surface area contributed by atoms with E-state index >= 15 is 0 Å². The van der Waals surface area contributed by atoms with Gasteiger partial charge in [0, 0.05) is 18.0 Å². The first-order valence-electron chi connectivity index (χ1n) is 6.20. The molecule has 1 unspecified atom stereocenters. The summed E-state index contributed by atoms with van der Waals surface area (Å²) >= 11 is 0.989. The Labute approximate surface area is 118 Å². The van der Waals surface area contributed by atoms with E-state index in [2.05, 4.69) is 0 Å². The summed E-state index contributed by atoms with van der Waals surface area (Å²) in [6, 6.07) is 5.36. The van der Waals surface area contributed by atoms with Crippen LogP contribution in [0.4, 0.5) is 13.2 Å². The lowest BCUT2D eigenvalue weighted by Gasteiger charge is -2.30. The standard InChI is InChI=1S/C13H14F3NO2S/c14-13(15,16)10-5-1-2-6-11(10)20-17-7-3-4-9(8-17)12(18)19/h1-2,5-6,9H,3-4,7-8H2,(H,18,19). The first-order valence-corrected chi connectivity index (χ1v) is 6.97. The quantitative estimate of drug-likeness (QED) is 0.868. The molecule has 3 nitrogen and oxygen atoms in total. The average molecular weight is 305 g/mol. The second-order valence-electron chi connectivity index (χ2n) is 4.65. The summed E-state index contributed by atoms with van der Waals surface area (Å²) in [6.07, 6.45) is -3.14. The van der Waals surface area contributed by atoms with Gasteiger partial charge in [-0.1, -0.05) is 12.1 Å². The van der Waals surface area contributed by atoms with Crippen LogP contribution in [-0.2, 0) is 11.0 Å². The van der Waals surface area contributed by atoms with Crippen molar-refractivity contribution in [2.24, 2.45) is 5.92 Å². The van der Waals surface area contributed by atoms with Crippen LogP contribution in [-0.4, -0.2) is 28.5 Å². The number of rotatable bonds is 3. The highest BCUT2D eigenvalue weighted by Gasteiger charge is 2.34. The van der Waals surface area contributed by atoms with Crippen molar-refractivity contribution >= 4 is 17.9 Å². The third kappa shape index (κ3) is 3.67. The Hall–Kier alpha value is -1.21. The minimum absolute atomic E-state index is 0.117. The number of halogens is 3. The zero-order chi connectivity index (χ0) is 14.8. The summed E-state index contributed by atoms with van der Waals surface area (Å²) in [5.74, 6) is -1.39. The van der Waals surface area contributed by atoms with Gasteiger partial charge in [0.15, 0.2) is 0 Å². The number of aliphatic carboxylic acids is 1. The van der Waals surface area contributed by atoms with Crippen molar-refractivity contribution in [2.45, 2.75) is 23.9 Å². The normalized spacial score (nSPS) is 20.9. The molecule has 1 aromatic carbocycles. The Bertz CT molecular complexity index is 493. The number of hydrogen-bond acceptors (Lipinski definition) is 3. The number of benzene rings is 1. The molecule has 1 atom stereocenters. The van der Waals surface area contributed by atoms with Crippen LogP contribution < -0.4 is 0 Å². The van der Waals surface area contributed by atoms with Gasteiger partial charge in [-0.05, 0) is 36.9 Å². The number of carboxylic acids is 1. The highest BCUT2D eigenvalue weighted by Crippen LogP contribution is 2.38. The maximum atomic E-state index is 12.9. The molecule has 110 valence electrons. The molecule has 0 radical (unpaired) electrons. The highest BCUT2D eigenvalue weighted by molar-refractivity contribution is 7.97. The molecule has 1 aromatic rings. The molecule has 20 heavy (non-hydrogen) atoms. The maximum absolute atomic E-state index is 12.9. The molecular weight excluding hydrogens is 291 g/mol. The predicted octanol–water partition coefficient (Wildman–Crippen LogP) is 3.51. The number of carbonyl (C=O) groups is 1. The molecule has 2 rings (SSSR count). The Morgan fingerprint density at radius 1 is 1.35 bits per heavy atom. The number of carboxylic acid groups (broad SMARTS) is 1. The number of piperidine rings is 1. The van der Waals surface area contributed by atoms with Crippen LogP contribution in [0.2, 0.25) is 0 Å². The van der Waals surface area contributed by atoms with Gasteiger partial charge in [-0.2, -0.15) is 13.2 Å². The van der Waals surface area contributed by atoms with E-state index in [9.17, 15) is 18.0 Å². The Morgan fingerprint density at radius 2 is 2.05 bits per heavy atom. The van der Waals surface area contributed by atoms with Crippen LogP contribution in [0.1, 0.15) is 18.4 Å². The molecule has 0 saturated carbocycles. The molecule has 7 heteroatoms. The molecule has 1 N–H and O–H groups in total. The van der Waals surface area contributed by atoms with E-state index in [1.165, 1.54) is 12.1 Å². The molecule has 1 saturated heterocycles. The molecule has 0 spiro atoms. The van der Waals surface area contributed by atoms with Gasteiger partial charge in [-0.15, -0.1) is 0 Å². The fourth-order valence-electron chi connectivity index (χ4n) is 2.15. The van der Waals surface area contributed by atoms with Gasteiger partial charge in [0.25, 0.3) is 0 Å². The van der Waals surface area contributed by atoms with Gasteiger partial charge in [-0.25, -0.2) is 4.31 Å². The summed E-state index contributed by atoms with van der Waals surface area (Å²) in [7, 11) is 0. The highest BCUT2D eigenvalue weighted by atomic mass is 32.2. The third-order valence-corrected chi connectivity index (χ3v) is 4.30. The molecule has 0 amide bonds. The minimum Gasteiger partial charge on any atom is -0.481 e. The average Bonchev–Trinajstić information content (AvgIpc) is 2.38. The summed E-state index contributed by atoms with van der Waals surface area (Å²) in [5.41, 5.74) is -0.678. The lowest BCUT2D eigenvalue weighted by molar-refractivity contribution is -0.143. The van der Waals surface area contributed by atoms with Gasteiger partial charge in [0.2, 0.25) is 0 Å². The van der Waals surface area contributed by atoms with E-state index in [0.29, 0.717) is 19.4 Å². The van der Waals surface area contributed by atoms with E-state index in [1.54, 1.807) is 10.4 Å². The molecule has 0 aliphatic carbocycles. The number of nitrogens with zero attached hydrogens (tertiary/aromatic N) is 1. The number of alkyl halides is 3. The minimum atomic E-state index is -4.40. The molecule has 1 heterocycles. The second-order valence-corrected chi connectivity index (χ2v) is 5.79. The Kier molecular flexibility index (Phi) is 4.59. The third-order valence-electron chi connectivity index (χ3n) is 3.15. The molecule has 0 aromatic heterocycles. The SMILES string of the molecule is O=C(O)C1CCCN(Sc2ccccc2C(F)(F)F)C1. The van der Waals surface area contributed by atoms with Gasteiger partial charge in [0.05, 0.1) is 11.5 Å². The van der Waals surface area contributed by atoms with Gasteiger partial charge >= 0.3 is 12.1 Å². The number of hydrogen-bond donors (Lipinski definition) is 1. The van der Waals surface area contributed by atoms with Crippen molar-refractivity contribution in [3.63, 3.8) is 0 Å². The van der Waals surface area contributed by atoms with Crippen molar-refractivity contribution in [2.75, 3.05) is 13.1 Å². The lowest BCUT2D eigenvalue weighted by atomic mass is 10.0. The monoisotopic (exact) mass is 305 g/mol. The fourth-order valence-corrected chi connectivity index (χ4v) is 3.32. The molecule has 1 fully saturated rings. The van der Waals surface area contributed by atoms with E-state index in [1.807, 2.05) is 0 Å². The first-order chi connectivity index (χ1) is 9.38. The van der Waals surface area contributed by atoms with E-state index in [4.69, 9.17) is 5.11 Å². The molecular formula is C13H14F3NO2S. The zero-order valence-electron chi connectivity index (χ0n) is 10.6. The maximum Gasteiger partial charge on any atom is 0.417 e. The van der Waals surface area contributed by atoms with E-state index < -0.39 is 23.6 Å². The van der Waals surface area contributed by atoms with E-state index in [0.717, 1.165) is 18.0 Å². The van der Waals surface area contributed by atoms with Crippen LogP contribution in [0.15, 0.2) is 29.2 Å². The van der Waals surface area contributed by atoms with Crippen LogP contribution in [0, 0.1) is 5.92 Å². The van der Waals surface area contributed by atoms with Crippen LogP contribution in [0.25, 0.3) is 0 Å². The summed E-state index contributed by atoms with van der Waals surface area (Å²) < 4.78 is 40.3. The van der Waals surface area contributed by atoms with Crippen molar-refractivity contribution in [3.05, 3.63) is 29.8 Å². The summed E-state index contributed by atoms with van der Waals surface area (Å²) in [4.78, 5) is 11.1. The smallest absolute Gasteiger partial charge is 0.417 e. The first kappa shape index (κ1) is 15.2. The zero-order valence-corrected chi connectivity index (χ0v) is 11.4. The van der Waals surface area contributed by atoms with Crippen LogP contribution in [0.5, 0.6) is 0 Å². The van der Waals surface area contributed by atoms with Crippen LogP contribution in [0.3, 0.4) is 0 Å². The second kappa shape index (κ2) is 6.05. The predicted molar refractivity (Wildman–Crippen MR) is 69.2 cm³/mol. The van der Waals surface area contributed by atoms with Gasteiger partial charge < -0.3 is 5.11 Å². The Morgan fingerprint density at radius 3 is 2.70 bits per heavy atom. The van der Waals surface area contributed by atoms with Crippen molar-refractivity contribution in [1.82, 2.24) is 4.31 Å². The molecule has 1 aliphatic rings. The topological polar surface area (TPSA) is 40.5 Å². The lowest BCUT2D eigenvalue weighted by Crippen LogP contribution is -2.34. The fraction of sp³-hybridized carbons (Fsp3) is 0.462. The Balaban J connectivity index is 2.12. The molecule has 0 bridgehead atoms. The van der Waals surface area contributed by atoms with Crippen molar-refractivity contribution in [3.8, 4) is 0 Å². The summed E-state index contributed by atoms with van der Waals surface area (Å²) in [6.45, 7) is 0.868. The largest absolute Gasteiger partial charge is 0.481 e. The van der Waals surface area contributed by atoms with Gasteiger partial charge in [0.1, 0.15) is 0 Å². The van der Waals surface area contributed by atoms with E-state index in [-0.39, 0.29) is 11.4 Å². The van der Waals surface area contributed by atoms with Crippen molar-refractivity contribution < 1.29 is 23.1 Å². The van der Waals surface area contributed by atoms with Crippen LogP contribution >= 0.6 is 11.9 Å². The van der Waals surface area contributed by atoms with Crippen molar-refractivity contribution in [1.29, 1.82) is 0 Å². The molecule has 1 aliphatic heterocycles.